The topological polar surface area (TPSA) is 62.6 Å². The van der Waals surface area contributed by atoms with Gasteiger partial charge in [-0.2, -0.15) is 5.26 Å². The molecule has 0 radical (unpaired) electrons. The second-order valence-electron chi connectivity index (χ2n) is 7.85. The zero-order valence-electron chi connectivity index (χ0n) is 16.6. The van der Waals surface area contributed by atoms with E-state index in [-0.39, 0.29) is 6.03 Å². The molecule has 0 unspecified atom stereocenters. The van der Waals surface area contributed by atoms with Gasteiger partial charge in [0.25, 0.3) is 0 Å². The van der Waals surface area contributed by atoms with Gasteiger partial charge in [0.15, 0.2) is 0 Å². The summed E-state index contributed by atoms with van der Waals surface area (Å²) in [6.07, 6.45) is 4.38. The fraction of sp³-hybridized carbons (Fsp3) is 0.619. The lowest BCUT2D eigenvalue weighted by Gasteiger charge is -2.38. The molecule has 2 aliphatic rings. The Morgan fingerprint density at radius 3 is 2.74 bits per heavy atom. The molecule has 0 bridgehead atoms. The monoisotopic (exact) mass is 369 g/mol. The van der Waals surface area contributed by atoms with Crippen LogP contribution in [0.4, 0.5) is 10.5 Å². The molecule has 2 saturated heterocycles. The molecule has 1 N–H and O–H groups in total. The van der Waals surface area contributed by atoms with Gasteiger partial charge in [-0.05, 0) is 57.4 Å². The highest BCUT2D eigenvalue weighted by molar-refractivity contribution is 5.89. The molecule has 146 valence electrons. The number of likely N-dealkylation sites (tertiary alicyclic amines) is 1. The molecule has 0 spiro atoms. The minimum atomic E-state index is -0.0363. The van der Waals surface area contributed by atoms with E-state index in [2.05, 4.69) is 28.2 Å². The second kappa shape index (κ2) is 9.20. The van der Waals surface area contributed by atoms with Gasteiger partial charge in [0.2, 0.25) is 0 Å². The van der Waals surface area contributed by atoms with Crippen molar-refractivity contribution in [1.82, 2.24) is 14.7 Å². The van der Waals surface area contributed by atoms with Gasteiger partial charge >= 0.3 is 6.03 Å². The Hall–Kier alpha value is -2.10. The van der Waals surface area contributed by atoms with Crippen LogP contribution in [0.2, 0.25) is 0 Å². The van der Waals surface area contributed by atoms with E-state index >= 15 is 0 Å². The predicted molar refractivity (Wildman–Crippen MR) is 108 cm³/mol. The standard InChI is InChI=1S/C21H31N5O/c1-17-6-7-19(15-18(17)16-22)23-21(27)26-9-4-3-5-20(26)8-10-25-13-11-24(2)12-14-25/h6-7,15,20H,3-5,8-14H2,1-2H3,(H,23,27)/t20-/m0/s1. The summed E-state index contributed by atoms with van der Waals surface area (Å²) in [6.45, 7) is 8.28. The minimum absolute atomic E-state index is 0.0363. The number of piperazine rings is 1. The van der Waals surface area contributed by atoms with Crippen molar-refractivity contribution in [2.45, 2.75) is 38.6 Å². The maximum atomic E-state index is 12.9. The first-order valence-corrected chi connectivity index (χ1v) is 10.1. The number of aryl methyl sites for hydroxylation is 1. The molecular weight excluding hydrogens is 338 g/mol. The van der Waals surface area contributed by atoms with Gasteiger partial charge in [-0.25, -0.2) is 4.79 Å². The van der Waals surface area contributed by atoms with Crippen molar-refractivity contribution in [3.8, 4) is 6.07 Å². The van der Waals surface area contributed by atoms with Crippen LogP contribution in [-0.4, -0.2) is 73.1 Å². The third kappa shape index (κ3) is 5.21. The van der Waals surface area contributed by atoms with Crippen LogP contribution in [0.5, 0.6) is 0 Å². The Labute approximate surface area is 162 Å². The SMILES string of the molecule is Cc1ccc(NC(=O)N2CCCC[C@H]2CCN2CCN(C)CC2)cc1C#N. The number of amides is 2. The van der Waals surface area contributed by atoms with Gasteiger partial charge in [0.1, 0.15) is 0 Å². The fourth-order valence-corrected chi connectivity index (χ4v) is 3.99. The van der Waals surface area contributed by atoms with Crippen molar-refractivity contribution in [3.63, 3.8) is 0 Å². The van der Waals surface area contributed by atoms with Crippen LogP contribution >= 0.6 is 0 Å². The van der Waals surface area contributed by atoms with Crippen LogP contribution in [0.3, 0.4) is 0 Å². The number of piperidine rings is 1. The smallest absolute Gasteiger partial charge is 0.322 e. The van der Waals surface area contributed by atoms with Gasteiger partial charge in [0.05, 0.1) is 11.6 Å². The quantitative estimate of drug-likeness (QED) is 0.886. The number of likely N-dealkylation sites (N-methyl/N-ethyl adjacent to an activating group) is 1. The summed E-state index contributed by atoms with van der Waals surface area (Å²) in [6, 6.07) is 7.97. The molecule has 6 nitrogen and oxygen atoms in total. The molecule has 2 aliphatic heterocycles. The predicted octanol–water partition coefficient (Wildman–Crippen LogP) is 2.89. The number of nitrogens with zero attached hydrogens (tertiary/aromatic N) is 4. The lowest BCUT2D eigenvalue weighted by Crippen LogP contribution is -2.49. The van der Waals surface area contributed by atoms with E-state index in [0.717, 1.165) is 64.1 Å². The summed E-state index contributed by atoms with van der Waals surface area (Å²) in [7, 11) is 2.17. The summed E-state index contributed by atoms with van der Waals surface area (Å²) in [4.78, 5) is 19.8. The van der Waals surface area contributed by atoms with E-state index < -0.39 is 0 Å². The lowest BCUT2D eigenvalue weighted by atomic mass is 9.99. The minimum Gasteiger partial charge on any atom is -0.322 e. The van der Waals surface area contributed by atoms with Crippen LogP contribution in [0.15, 0.2) is 18.2 Å². The first-order valence-electron chi connectivity index (χ1n) is 10.1. The third-order valence-corrected chi connectivity index (χ3v) is 5.87. The van der Waals surface area contributed by atoms with Gasteiger partial charge in [-0.3, -0.25) is 0 Å². The van der Waals surface area contributed by atoms with Crippen molar-refractivity contribution in [3.05, 3.63) is 29.3 Å². The molecule has 0 aromatic heterocycles. The molecule has 2 fully saturated rings. The molecule has 2 heterocycles. The van der Waals surface area contributed by atoms with Gasteiger partial charge in [0, 0.05) is 51.0 Å². The Morgan fingerprint density at radius 1 is 1.22 bits per heavy atom. The molecule has 1 aromatic rings. The highest BCUT2D eigenvalue weighted by Crippen LogP contribution is 2.22. The Bertz CT molecular complexity index is 690. The number of nitrogens with one attached hydrogen (secondary N) is 1. The molecule has 6 heteroatoms. The summed E-state index contributed by atoms with van der Waals surface area (Å²) >= 11 is 0. The number of hydrogen-bond acceptors (Lipinski definition) is 4. The molecule has 3 rings (SSSR count). The fourth-order valence-electron chi connectivity index (χ4n) is 3.99. The van der Waals surface area contributed by atoms with E-state index in [1.807, 2.05) is 24.0 Å². The van der Waals surface area contributed by atoms with Crippen LogP contribution in [-0.2, 0) is 0 Å². The number of carbonyl (C=O) groups excluding carboxylic acids is 1. The van der Waals surface area contributed by atoms with Crippen molar-refractivity contribution < 1.29 is 4.79 Å². The average Bonchev–Trinajstić information content (AvgIpc) is 2.69. The normalized spacial score (nSPS) is 21.7. The first kappa shape index (κ1) is 19.7. The summed E-state index contributed by atoms with van der Waals surface area (Å²) in [5, 5.41) is 12.2. The third-order valence-electron chi connectivity index (χ3n) is 5.87. The summed E-state index contributed by atoms with van der Waals surface area (Å²) in [5.74, 6) is 0. The van der Waals surface area contributed by atoms with Crippen LogP contribution in [0, 0.1) is 18.3 Å². The average molecular weight is 370 g/mol. The van der Waals surface area contributed by atoms with E-state index in [4.69, 9.17) is 0 Å². The number of rotatable bonds is 4. The van der Waals surface area contributed by atoms with Crippen LogP contribution in [0.25, 0.3) is 0 Å². The molecule has 27 heavy (non-hydrogen) atoms. The zero-order valence-corrected chi connectivity index (χ0v) is 16.6. The number of carbonyl (C=O) groups is 1. The molecule has 1 aromatic carbocycles. The second-order valence-corrected chi connectivity index (χ2v) is 7.85. The number of benzene rings is 1. The van der Waals surface area contributed by atoms with E-state index in [0.29, 0.717) is 17.3 Å². The van der Waals surface area contributed by atoms with Gasteiger partial charge in [-0.15, -0.1) is 0 Å². The Morgan fingerprint density at radius 2 is 2.00 bits per heavy atom. The van der Waals surface area contributed by atoms with Crippen LogP contribution in [0.1, 0.15) is 36.8 Å². The van der Waals surface area contributed by atoms with Gasteiger partial charge in [-0.1, -0.05) is 6.07 Å². The molecular formula is C21H31N5O. The molecule has 0 saturated carbocycles. The summed E-state index contributed by atoms with van der Waals surface area (Å²) < 4.78 is 0. The summed E-state index contributed by atoms with van der Waals surface area (Å²) in [5.41, 5.74) is 2.24. The highest BCUT2D eigenvalue weighted by Gasteiger charge is 2.27. The van der Waals surface area contributed by atoms with Crippen molar-refractivity contribution >= 4 is 11.7 Å². The largest absolute Gasteiger partial charge is 0.322 e. The van der Waals surface area contributed by atoms with Crippen molar-refractivity contribution in [2.24, 2.45) is 0 Å². The number of hydrogen-bond donors (Lipinski definition) is 1. The Kier molecular flexibility index (Phi) is 6.70. The zero-order chi connectivity index (χ0) is 19.2. The van der Waals surface area contributed by atoms with E-state index in [9.17, 15) is 10.1 Å². The lowest BCUT2D eigenvalue weighted by molar-refractivity contribution is 0.122. The van der Waals surface area contributed by atoms with E-state index in [1.165, 1.54) is 6.42 Å². The van der Waals surface area contributed by atoms with Crippen molar-refractivity contribution in [1.29, 1.82) is 5.26 Å². The Balaban J connectivity index is 1.57. The maximum Gasteiger partial charge on any atom is 0.322 e. The van der Waals surface area contributed by atoms with Gasteiger partial charge < -0.3 is 20.0 Å². The number of nitriles is 1. The maximum absolute atomic E-state index is 12.9. The number of anilines is 1. The molecule has 2 amide bonds. The van der Waals surface area contributed by atoms with Crippen molar-refractivity contribution in [2.75, 3.05) is 51.6 Å². The highest BCUT2D eigenvalue weighted by atomic mass is 16.2. The molecule has 1 atom stereocenters. The molecule has 0 aliphatic carbocycles. The van der Waals surface area contributed by atoms with E-state index in [1.54, 1.807) is 6.07 Å². The number of urea groups is 1. The van der Waals surface area contributed by atoms with Crippen LogP contribution < -0.4 is 5.32 Å². The first-order chi connectivity index (χ1) is 13.1.